The Morgan fingerprint density at radius 1 is 1.24 bits per heavy atom. The molecule has 0 radical (unpaired) electrons. The van der Waals surface area contributed by atoms with Crippen LogP contribution in [-0.4, -0.2) is 22.7 Å². The normalized spacial score (nSPS) is 11.4. The van der Waals surface area contributed by atoms with Crippen LogP contribution in [0.4, 0.5) is 4.79 Å². The van der Waals surface area contributed by atoms with Crippen molar-refractivity contribution in [1.29, 1.82) is 0 Å². The van der Waals surface area contributed by atoms with Crippen molar-refractivity contribution in [3.63, 3.8) is 0 Å². The molecule has 1 rings (SSSR count). The second-order valence-electron chi connectivity index (χ2n) is 6.50. The fourth-order valence-corrected chi connectivity index (χ4v) is 2.06. The Balaban J connectivity index is 0.000000384. The van der Waals surface area contributed by atoms with Crippen LogP contribution in [0.2, 0.25) is 0 Å². The molecule has 0 aliphatic heterocycles. The van der Waals surface area contributed by atoms with E-state index in [0.717, 1.165) is 12.0 Å². The monoisotopic (exact) mass is 315 g/mol. The van der Waals surface area contributed by atoms with Crippen molar-refractivity contribution < 1.29 is 14.6 Å². The van der Waals surface area contributed by atoms with Crippen molar-refractivity contribution in [1.82, 2.24) is 0 Å². The molecule has 3 N–H and O–H groups in total. The van der Waals surface area contributed by atoms with E-state index in [1.807, 2.05) is 58.0 Å². The van der Waals surface area contributed by atoms with E-state index < -0.39 is 5.43 Å². The maximum atomic E-state index is 10.2. The fourth-order valence-electron chi connectivity index (χ4n) is 2.00. The molecule has 0 saturated heterocycles. The predicted molar refractivity (Wildman–Crippen MR) is 86.2 cm³/mol. The summed E-state index contributed by atoms with van der Waals surface area (Å²) in [6, 6.07) is 9.36. The van der Waals surface area contributed by atoms with Gasteiger partial charge in [-0.05, 0) is 31.2 Å². The summed E-state index contributed by atoms with van der Waals surface area (Å²) < 4.78 is 4.55. The van der Waals surface area contributed by atoms with Gasteiger partial charge in [0.2, 0.25) is 0 Å². The molecule has 0 bridgehead atoms. The first-order valence-corrected chi connectivity index (χ1v) is 7.19. The topological polar surface area (TPSA) is 72.5 Å². The lowest BCUT2D eigenvalue weighted by Crippen LogP contribution is -2.38. The number of nitrogens with two attached hydrogens (primary N) is 1. The van der Waals surface area contributed by atoms with Gasteiger partial charge in [0.15, 0.2) is 0 Å². The first kappa shape index (κ1) is 19.9. The van der Waals surface area contributed by atoms with Gasteiger partial charge in [0.25, 0.3) is 0 Å². The molecule has 0 amide bonds. The van der Waals surface area contributed by atoms with E-state index >= 15 is 0 Å². The van der Waals surface area contributed by atoms with Gasteiger partial charge < -0.3 is 15.6 Å². The van der Waals surface area contributed by atoms with Gasteiger partial charge in [-0.3, -0.25) is 0 Å². The minimum absolute atomic E-state index is 0.0434. The van der Waals surface area contributed by atoms with Gasteiger partial charge in [0.1, 0.15) is 6.61 Å². The molecule has 1 aromatic rings. The summed E-state index contributed by atoms with van der Waals surface area (Å²) in [6.07, 6.45) is 0.844. The third-order valence-electron chi connectivity index (χ3n) is 2.56. The van der Waals surface area contributed by atoms with Gasteiger partial charge in [-0.15, -0.1) is 0 Å². The number of rotatable bonds is 5. The zero-order chi connectivity index (χ0) is 16.5. The third kappa shape index (κ3) is 12.4. The fraction of sp³-hybridized carbons (Fsp3) is 0.562. The van der Waals surface area contributed by atoms with E-state index in [4.69, 9.17) is 22.4 Å². The summed E-state index contributed by atoms with van der Waals surface area (Å²) in [5.74, 6) is 0. The second kappa shape index (κ2) is 9.03. The molecule has 1 aromatic carbocycles. The second-order valence-corrected chi connectivity index (χ2v) is 6.81. The third-order valence-corrected chi connectivity index (χ3v) is 2.67. The van der Waals surface area contributed by atoms with Crippen LogP contribution in [-0.2, 0) is 11.3 Å². The lowest BCUT2D eigenvalue weighted by atomic mass is 9.81. The number of aliphatic hydroxyl groups excluding tert-OH is 1. The molecule has 0 atom stereocenters. The lowest BCUT2D eigenvalue weighted by molar-refractivity contribution is 0.128. The van der Waals surface area contributed by atoms with E-state index in [1.165, 1.54) is 0 Å². The zero-order valence-corrected chi connectivity index (χ0v) is 14.0. The van der Waals surface area contributed by atoms with Crippen LogP contribution < -0.4 is 5.73 Å². The molecular formula is C16H26ClNO3. The molecule has 5 heteroatoms. The summed E-state index contributed by atoms with van der Waals surface area (Å²) in [7, 11) is 0. The van der Waals surface area contributed by atoms with Crippen molar-refractivity contribution in [3.8, 4) is 0 Å². The SMILES string of the molecule is CC(C)(N)CC(C)(C)CO.O=C(Cl)OCc1ccccc1. The Labute approximate surface area is 132 Å². The number of halogens is 1. The van der Waals surface area contributed by atoms with E-state index in [-0.39, 0.29) is 24.2 Å². The van der Waals surface area contributed by atoms with Gasteiger partial charge in [0.05, 0.1) is 0 Å². The molecule has 21 heavy (non-hydrogen) atoms. The van der Waals surface area contributed by atoms with Crippen molar-refractivity contribution in [2.24, 2.45) is 11.1 Å². The van der Waals surface area contributed by atoms with Crippen LogP contribution in [0, 0.1) is 5.41 Å². The average Bonchev–Trinajstić information content (AvgIpc) is 2.36. The smallest absolute Gasteiger partial charge is 0.404 e. The Hall–Kier alpha value is -1.10. The van der Waals surface area contributed by atoms with E-state index in [0.29, 0.717) is 0 Å². The van der Waals surface area contributed by atoms with E-state index in [1.54, 1.807) is 0 Å². The molecule has 0 saturated carbocycles. The van der Waals surface area contributed by atoms with Gasteiger partial charge >= 0.3 is 5.43 Å². The summed E-state index contributed by atoms with van der Waals surface area (Å²) >= 11 is 4.97. The molecule has 4 nitrogen and oxygen atoms in total. The van der Waals surface area contributed by atoms with Gasteiger partial charge in [0, 0.05) is 23.7 Å². The number of hydrogen-bond acceptors (Lipinski definition) is 4. The number of hydrogen-bond donors (Lipinski definition) is 2. The molecule has 0 aliphatic rings. The molecule has 0 heterocycles. The van der Waals surface area contributed by atoms with E-state index in [2.05, 4.69) is 4.74 Å². The Morgan fingerprint density at radius 3 is 2.10 bits per heavy atom. The Morgan fingerprint density at radius 2 is 1.76 bits per heavy atom. The summed E-state index contributed by atoms with van der Waals surface area (Å²) in [5, 5.41) is 8.90. The number of ether oxygens (including phenoxy) is 1. The van der Waals surface area contributed by atoms with Gasteiger partial charge in [-0.2, -0.15) is 0 Å². The predicted octanol–water partition coefficient (Wildman–Crippen LogP) is 3.69. The van der Waals surface area contributed by atoms with Crippen LogP contribution >= 0.6 is 11.6 Å². The van der Waals surface area contributed by atoms with Gasteiger partial charge in [-0.25, -0.2) is 4.79 Å². The van der Waals surface area contributed by atoms with Crippen LogP contribution in [0.25, 0.3) is 0 Å². The van der Waals surface area contributed by atoms with Gasteiger partial charge in [-0.1, -0.05) is 44.2 Å². The van der Waals surface area contributed by atoms with Crippen molar-refractivity contribution in [2.45, 2.75) is 46.3 Å². The standard InChI is InChI=1S/C8H7ClO2.C8H19NO/c9-8(10)11-6-7-4-2-1-3-5-7;1-7(2,6-10)5-8(3,4)9/h1-5H,6H2;10H,5-6,9H2,1-4H3. The lowest BCUT2D eigenvalue weighted by Gasteiger charge is -2.30. The minimum atomic E-state index is -0.770. The summed E-state index contributed by atoms with van der Waals surface area (Å²) in [4.78, 5) is 10.2. The number of carbonyl (C=O) groups is 1. The average molecular weight is 316 g/mol. The maximum Gasteiger partial charge on any atom is 0.404 e. The van der Waals surface area contributed by atoms with Crippen molar-refractivity contribution in [2.75, 3.05) is 6.61 Å². The molecule has 0 aliphatic carbocycles. The van der Waals surface area contributed by atoms with Crippen LogP contribution in [0.5, 0.6) is 0 Å². The first-order valence-electron chi connectivity index (χ1n) is 6.82. The molecule has 0 fully saturated rings. The molecule has 0 spiro atoms. The Bertz CT molecular complexity index is 413. The van der Waals surface area contributed by atoms with Crippen LogP contribution in [0.1, 0.15) is 39.7 Å². The summed E-state index contributed by atoms with van der Waals surface area (Å²) in [6.45, 7) is 8.43. The number of carbonyl (C=O) groups excluding carboxylic acids is 1. The molecule has 120 valence electrons. The van der Waals surface area contributed by atoms with Crippen LogP contribution in [0.15, 0.2) is 30.3 Å². The molecular weight excluding hydrogens is 290 g/mol. The highest BCUT2D eigenvalue weighted by atomic mass is 35.5. The van der Waals surface area contributed by atoms with E-state index in [9.17, 15) is 4.79 Å². The first-order chi connectivity index (χ1) is 9.56. The molecule has 0 aromatic heterocycles. The highest BCUT2D eigenvalue weighted by Crippen LogP contribution is 2.25. The number of benzene rings is 1. The number of aliphatic hydroxyl groups is 1. The summed E-state index contributed by atoms with van der Waals surface area (Å²) in [5.41, 5.74) is 5.73. The highest BCUT2D eigenvalue weighted by Gasteiger charge is 2.24. The quantitative estimate of drug-likeness (QED) is 0.813. The zero-order valence-electron chi connectivity index (χ0n) is 13.2. The van der Waals surface area contributed by atoms with Crippen molar-refractivity contribution in [3.05, 3.63) is 35.9 Å². The maximum absolute atomic E-state index is 10.2. The Kier molecular flexibility index (Phi) is 8.55. The van der Waals surface area contributed by atoms with Crippen LogP contribution in [0.3, 0.4) is 0 Å². The minimum Gasteiger partial charge on any atom is -0.449 e. The largest absolute Gasteiger partial charge is 0.449 e. The highest BCUT2D eigenvalue weighted by molar-refractivity contribution is 6.61. The molecule has 0 unspecified atom stereocenters. The van der Waals surface area contributed by atoms with Crippen molar-refractivity contribution >= 4 is 17.0 Å².